The SMILES string of the molecule is NC(Cc1ccccc1)c1ncccc1Br. The lowest BCUT2D eigenvalue weighted by Gasteiger charge is -2.12. The van der Waals surface area contributed by atoms with Crippen molar-refractivity contribution in [3.8, 4) is 0 Å². The van der Waals surface area contributed by atoms with Crippen molar-refractivity contribution in [3.05, 3.63) is 64.4 Å². The molecule has 82 valence electrons. The summed E-state index contributed by atoms with van der Waals surface area (Å²) in [4.78, 5) is 4.30. The zero-order chi connectivity index (χ0) is 11.4. The number of rotatable bonds is 3. The van der Waals surface area contributed by atoms with Gasteiger partial charge in [0, 0.05) is 10.7 Å². The number of hydrogen-bond donors (Lipinski definition) is 1. The molecule has 0 aliphatic heterocycles. The van der Waals surface area contributed by atoms with Gasteiger partial charge >= 0.3 is 0 Å². The maximum atomic E-state index is 6.14. The van der Waals surface area contributed by atoms with Gasteiger partial charge in [0.15, 0.2) is 0 Å². The van der Waals surface area contributed by atoms with Crippen molar-refractivity contribution in [2.24, 2.45) is 5.73 Å². The normalized spacial score (nSPS) is 12.4. The molecule has 0 radical (unpaired) electrons. The average molecular weight is 277 g/mol. The van der Waals surface area contributed by atoms with E-state index in [1.54, 1.807) is 6.20 Å². The van der Waals surface area contributed by atoms with Crippen molar-refractivity contribution in [2.45, 2.75) is 12.5 Å². The molecular weight excluding hydrogens is 264 g/mol. The lowest BCUT2D eigenvalue weighted by atomic mass is 10.0. The molecule has 0 aliphatic carbocycles. The number of halogens is 1. The van der Waals surface area contributed by atoms with Gasteiger partial charge < -0.3 is 5.73 Å². The van der Waals surface area contributed by atoms with Crippen molar-refractivity contribution < 1.29 is 0 Å². The third-order valence-corrected chi connectivity index (χ3v) is 3.11. The minimum Gasteiger partial charge on any atom is -0.322 e. The fraction of sp³-hybridized carbons (Fsp3) is 0.154. The summed E-state index contributed by atoms with van der Waals surface area (Å²) in [6.45, 7) is 0. The zero-order valence-electron chi connectivity index (χ0n) is 8.81. The predicted molar refractivity (Wildman–Crippen MR) is 69.0 cm³/mol. The molecule has 1 atom stereocenters. The van der Waals surface area contributed by atoms with Crippen molar-refractivity contribution in [1.82, 2.24) is 4.98 Å². The standard InChI is InChI=1S/C13H13BrN2/c14-11-7-4-8-16-13(11)12(15)9-10-5-2-1-3-6-10/h1-8,12H,9,15H2. The number of aromatic nitrogens is 1. The monoisotopic (exact) mass is 276 g/mol. The summed E-state index contributed by atoms with van der Waals surface area (Å²) in [5.41, 5.74) is 8.27. The Balaban J connectivity index is 2.15. The molecule has 0 saturated heterocycles. The molecule has 16 heavy (non-hydrogen) atoms. The van der Waals surface area contributed by atoms with E-state index in [4.69, 9.17) is 5.73 Å². The van der Waals surface area contributed by atoms with Gasteiger partial charge in [0.1, 0.15) is 0 Å². The van der Waals surface area contributed by atoms with Crippen LogP contribution in [0.5, 0.6) is 0 Å². The Morgan fingerprint density at radius 2 is 1.88 bits per heavy atom. The van der Waals surface area contributed by atoms with E-state index >= 15 is 0 Å². The average Bonchev–Trinajstić information content (AvgIpc) is 2.31. The van der Waals surface area contributed by atoms with Crippen LogP contribution in [0.25, 0.3) is 0 Å². The fourth-order valence-corrected chi connectivity index (χ4v) is 2.18. The number of nitrogens with zero attached hydrogens (tertiary/aromatic N) is 1. The highest BCUT2D eigenvalue weighted by Crippen LogP contribution is 2.21. The summed E-state index contributed by atoms with van der Waals surface area (Å²) in [5, 5.41) is 0. The molecule has 0 amide bonds. The van der Waals surface area contributed by atoms with Crippen LogP contribution in [-0.4, -0.2) is 4.98 Å². The van der Waals surface area contributed by atoms with Crippen LogP contribution >= 0.6 is 15.9 Å². The van der Waals surface area contributed by atoms with E-state index < -0.39 is 0 Å². The highest BCUT2D eigenvalue weighted by atomic mass is 79.9. The molecule has 0 aliphatic rings. The van der Waals surface area contributed by atoms with Gasteiger partial charge in [0.05, 0.1) is 11.7 Å². The van der Waals surface area contributed by atoms with Gasteiger partial charge in [-0.25, -0.2) is 0 Å². The Morgan fingerprint density at radius 3 is 2.56 bits per heavy atom. The van der Waals surface area contributed by atoms with Crippen LogP contribution in [0.4, 0.5) is 0 Å². The number of pyridine rings is 1. The highest BCUT2D eigenvalue weighted by molar-refractivity contribution is 9.10. The molecule has 0 bridgehead atoms. The Labute approximate surface area is 104 Å². The molecule has 2 N–H and O–H groups in total. The number of benzene rings is 1. The number of nitrogens with two attached hydrogens (primary N) is 1. The van der Waals surface area contributed by atoms with Gasteiger partial charge in [-0.2, -0.15) is 0 Å². The smallest absolute Gasteiger partial charge is 0.0716 e. The summed E-state index contributed by atoms with van der Waals surface area (Å²) in [5.74, 6) is 0. The van der Waals surface area contributed by atoms with Crippen LogP contribution < -0.4 is 5.73 Å². The minimum atomic E-state index is -0.0713. The summed E-state index contributed by atoms with van der Waals surface area (Å²) >= 11 is 3.47. The van der Waals surface area contributed by atoms with E-state index in [-0.39, 0.29) is 6.04 Å². The lowest BCUT2D eigenvalue weighted by Crippen LogP contribution is -2.15. The molecule has 2 aromatic rings. The first-order valence-electron chi connectivity index (χ1n) is 5.17. The Morgan fingerprint density at radius 1 is 1.12 bits per heavy atom. The largest absolute Gasteiger partial charge is 0.322 e. The lowest BCUT2D eigenvalue weighted by molar-refractivity contribution is 0.692. The van der Waals surface area contributed by atoms with E-state index in [1.165, 1.54) is 5.56 Å². The molecule has 0 saturated carbocycles. The van der Waals surface area contributed by atoms with Gasteiger partial charge in [-0.3, -0.25) is 4.98 Å². The Kier molecular flexibility index (Phi) is 3.70. The van der Waals surface area contributed by atoms with Crippen LogP contribution in [0.15, 0.2) is 53.1 Å². The summed E-state index contributed by atoms with van der Waals surface area (Å²) in [7, 11) is 0. The summed E-state index contributed by atoms with van der Waals surface area (Å²) < 4.78 is 0.971. The van der Waals surface area contributed by atoms with E-state index in [9.17, 15) is 0 Å². The second-order valence-corrected chi connectivity index (χ2v) is 4.52. The van der Waals surface area contributed by atoms with E-state index in [2.05, 4.69) is 33.0 Å². The predicted octanol–water partition coefficient (Wildman–Crippen LogP) is 3.09. The van der Waals surface area contributed by atoms with Crippen LogP contribution in [-0.2, 0) is 6.42 Å². The number of hydrogen-bond acceptors (Lipinski definition) is 2. The molecule has 2 nitrogen and oxygen atoms in total. The van der Waals surface area contributed by atoms with Crippen molar-refractivity contribution in [3.63, 3.8) is 0 Å². The molecule has 1 heterocycles. The molecule has 0 spiro atoms. The molecule has 1 aromatic carbocycles. The first-order chi connectivity index (χ1) is 7.77. The van der Waals surface area contributed by atoms with Gasteiger partial charge in [0.25, 0.3) is 0 Å². The van der Waals surface area contributed by atoms with Crippen LogP contribution in [0.3, 0.4) is 0 Å². The molecule has 1 aromatic heterocycles. The van der Waals surface area contributed by atoms with Crippen LogP contribution in [0, 0.1) is 0 Å². The molecule has 3 heteroatoms. The second-order valence-electron chi connectivity index (χ2n) is 3.67. The first-order valence-corrected chi connectivity index (χ1v) is 5.96. The van der Waals surface area contributed by atoms with Gasteiger partial charge in [-0.15, -0.1) is 0 Å². The Hall–Kier alpha value is -1.19. The minimum absolute atomic E-state index is 0.0713. The van der Waals surface area contributed by atoms with E-state index in [0.29, 0.717) is 0 Å². The second kappa shape index (κ2) is 5.23. The van der Waals surface area contributed by atoms with Crippen LogP contribution in [0.2, 0.25) is 0 Å². The van der Waals surface area contributed by atoms with Gasteiger partial charge in [-0.1, -0.05) is 30.3 Å². The molecule has 2 rings (SSSR count). The molecule has 0 fully saturated rings. The fourth-order valence-electron chi connectivity index (χ4n) is 1.64. The van der Waals surface area contributed by atoms with Crippen molar-refractivity contribution in [2.75, 3.05) is 0 Å². The van der Waals surface area contributed by atoms with Crippen molar-refractivity contribution >= 4 is 15.9 Å². The quantitative estimate of drug-likeness (QED) is 0.936. The first kappa shape index (κ1) is 11.3. The van der Waals surface area contributed by atoms with E-state index in [0.717, 1.165) is 16.6 Å². The third-order valence-electron chi connectivity index (χ3n) is 2.44. The van der Waals surface area contributed by atoms with Crippen molar-refractivity contribution in [1.29, 1.82) is 0 Å². The maximum Gasteiger partial charge on any atom is 0.0716 e. The van der Waals surface area contributed by atoms with Gasteiger partial charge in [0.2, 0.25) is 0 Å². The van der Waals surface area contributed by atoms with Gasteiger partial charge in [-0.05, 0) is 40.0 Å². The maximum absolute atomic E-state index is 6.14. The highest BCUT2D eigenvalue weighted by Gasteiger charge is 2.11. The van der Waals surface area contributed by atoms with E-state index in [1.807, 2.05) is 30.3 Å². The molecule has 1 unspecified atom stereocenters. The zero-order valence-corrected chi connectivity index (χ0v) is 10.4. The van der Waals surface area contributed by atoms with Crippen LogP contribution in [0.1, 0.15) is 17.3 Å². The summed E-state index contributed by atoms with van der Waals surface area (Å²) in [6, 6.07) is 14.0. The molecular formula is C13H13BrN2. The third kappa shape index (κ3) is 2.68. The topological polar surface area (TPSA) is 38.9 Å². The Bertz CT molecular complexity index is 456. The summed E-state index contributed by atoms with van der Waals surface area (Å²) in [6.07, 6.45) is 2.57.